The number of rotatable bonds is 2. The van der Waals surface area contributed by atoms with Crippen LogP contribution in [0.2, 0.25) is 10.0 Å². The molecule has 1 saturated heterocycles. The van der Waals surface area contributed by atoms with Crippen molar-refractivity contribution >= 4 is 34.9 Å². The molecule has 1 atom stereocenters. The van der Waals surface area contributed by atoms with Crippen LogP contribution in [0.1, 0.15) is 30.1 Å². The largest absolute Gasteiger partial charge is 0.478 e. The lowest BCUT2D eigenvalue weighted by atomic mass is 10.1. The minimum Gasteiger partial charge on any atom is -0.478 e. The van der Waals surface area contributed by atoms with Gasteiger partial charge in [0.15, 0.2) is 0 Å². The average molecular weight is 274 g/mol. The molecule has 1 aliphatic rings. The van der Waals surface area contributed by atoms with E-state index in [1.807, 2.05) is 0 Å². The Hall–Kier alpha value is -0.930. The fourth-order valence-electron chi connectivity index (χ4n) is 2.23. The van der Waals surface area contributed by atoms with Gasteiger partial charge >= 0.3 is 5.97 Å². The predicted octanol–water partition coefficient (Wildman–Crippen LogP) is 3.68. The Morgan fingerprint density at radius 2 is 2.00 bits per heavy atom. The molecule has 1 aromatic rings. The van der Waals surface area contributed by atoms with Crippen LogP contribution in [0.5, 0.6) is 0 Å². The van der Waals surface area contributed by atoms with E-state index in [-0.39, 0.29) is 5.56 Å². The summed E-state index contributed by atoms with van der Waals surface area (Å²) in [5, 5.41) is 9.72. The Balaban J connectivity index is 2.44. The van der Waals surface area contributed by atoms with Gasteiger partial charge in [-0.15, -0.1) is 0 Å². The third-order valence-electron chi connectivity index (χ3n) is 3.10. The highest BCUT2D eigenvalue weighted by molar-refractivity contribution is 6.39. The van der Waals surface area contributed by atoms with Gasteiger partial charge in [0, 0.05) is 12.6 Å². The zero-order valence-electron chi connectivity index (χ0n) is 9.41. The van der Waals surface area contributed by atoms with Gasteiger partial charge < -0.3 is 10.0 Å². The van der Waals surface area contributed by atoms with Crippen molar-refractivity contribution in [2.24, 2.45) is 0 Å². The summed E-state index contributed by atoms with van der Waals surface area (Å²) in [5.74, 6) is -1.02. The molecule has 0 bridgehead atoms. The zero-order chi connectivity index (χ0) is 12.6. The van der Waals surface area contributed by atoms with Gasteiger partial charge in [-0.3, -0.25) is 0 Å². The van der Waals surface area contributed by atoms with E-state index in [0.717, 1.165) is 25.1 Å². The third-order valence-corrected chi connectivity index (χ3v) is 3.68. The standard InChI is InChI=1S/C12H13Cl2NO2/c1-7-3-2-4-15(7)11-9(13)5-8(12(16)17)6-10(11)14/h5-7H,2-4H2,1H3,(H,16,17). The molecule has 1 fully saturated rings. The Bertz CT molecular complexity index is 439. The second-order valence-electron chi connectivity index (χ2n) is 4.28. The van der Waals surface area contributed by atoms with Crippen molar-refractivity contribution in [3.8, 4) is 0 Å². The molecule has 2 rings (SSSR count). The van der Waals surface area contributed by atoms with Crippen molar-refractivity contribution in [3.05, 3.63) is 27.7 Å². The maximum absolute atomic E-state index is 10.9. The Labute approximate surface area is 110 Å². The summed E-state index contributed by atoms with van der Waals surface area (Å²) in [7, 11) is 0. The third kappa shape index (κ3) is 2.35. The van der Waals surface area contributed by atoms with Crippen LogP contribution in [0.25, 0.3) is 0 Å². The molecular weight excluding hydrogens is 261 g/mol. The fourth-order valence-corrected chi connectivity index (χ4v) is 2.93. The number of benzene rings is 1. The molecule has 0 radical (unpaired) electrons. The van der Waals surface area contributed by atoms with Gasteiger partial charge in [-0.2, -0.15) is 0 Å². The van der Waals surface area contributed by atoms with Crippen LogP contribution in [-0.4, -0.2) is 23.7 Å². The van der Waals surface area contributed by atoms with Crippen molar-refractivity contribution in [1.29, 1.82) is 0 Å². The van der Waals surface area contributed by atoms with Crippen molar-refractivity contribution in [1.82, 2.24) is 0 Å². The van der Waals surface area contributed by atoms with E-state index in [4.69, 9.17) is 28.3 Å². The fraction of sp³-hybridized carbons (Fsp3) is 0.417. The molecule has 1 aromatic carbocycles. The van der Waals surface area contributed by atoms with E-state index >= 15 is 0 Å². The van der Waals surface area contributed by atoms with Gasteiger partial charge in [0.25, 0.3) is 0 Å². The van der Waals surface area contributed by atoms with E-state index in [0.29, 0.717) is 16.1 Å². The first-order valence-corrected chi connectivity index (χ1v) is 6.25. The number of carbonyl (C=O) groups is 1. The molecule has 5 heteroatoms. The van der Waals surface area contributed by atoms with Crippen molar-refractivity contribution < 1.29 is 9.90 Å². The molecule has 3 nitrogen and oxygen atoms in total. The normalized spacial score (nSPS) is 19.7. The predicted molar refractivity (Wildman–Crippen MR) is 69.5 cm³/mol. The maximum atomic E-state index is 10.9. The monoisotopic (exact) mass is 273 g/mol. The summed E-state index contributed by atoms with van der Waals surface area (Å²) in [5.41, 5.74) is 0.874. The molecule has 1 N–H and O–H groups in total. The number of hydrogen-bond donors (Lipinski definition) is 1. The van der Waals surface area contributed by atoms with E-state index in [2.05, 4.69) is 11.8 Å². The first kappa shape index (κ1) is 12.5. The number of nitrogens with zero attached hydrogens (tertiary/aromatic N) is 1. The van der Waals surface area contributed by atoms with Crippen LogP contribution in [0, 0.1) is 0 Å². The quantitative estimate of drug-likeness (QED) is 0.894. The molecule has 1 unspecified atom stereocenters. The molecule has 0 saturated carbocycles. The molecular formula is C12H13Cl2NO2. The lowest BCUT2D eigenvalue weighted by Gasteiger charge is -2.26. The summed E-state index contributed by atoms with van der Waals surface area (Å²) < 4.78 is 0. The second kappa shape index (κ2) is 4.75. The lowest BCUT2D eigenvalue weighted by molar-refractivity contribution is 0.0697. The minimum absolute atomic E-state index is 0.121. The van der Waals surface area contributed by atoms with Gasteiger partial charge in [0.2, 0.25) is 0 Å². The smallest absolute Gasteiger partial charge is 0.335 e. The first-order valence-electron chi connectivity index (χ1n) is 5.49. The van der Waals surface area contributed by atoms with Crippen LogP contribution in [0.3, 0.4) is 0 Å². The Kier molecular flexibility index (Phi) is 3.50. The Morgan fingerprint density at radius 3 is 2.41 bits per heavy atom. The summed E-state index contributed by atoms with van der Waals surface area (Å²) in [4.78, 5) is 13.0. The van der Waals surface area contributed by atoms with Crippen molar-refractivity contribution in [2.45, 2.75) is 25.8 Å². The van der Waals surface area contributed by atoms with Gasteiger partial charge in [-0.1, -0.05) is 23.2 Å². The van der Waals surface area contributed by atoms with E-state index < -0.39 is 5.97 Å². The first-order chi connectivity index (χ1) is 8.00. The van der Waals surface area contributed by atoms with Crippen LogP contribution < -0.4 is 4.90 Å². The van der Waals surface area contributed by atoms with Crippen LogP contribution in [0.4, 0.5) is 5.69 Å². The molecule has 0 amide bonds. The molecule has 0 aromatic heterocycles. The molecule has 92 valence electrons. The van der Waals surface area contributed by atoms with Gasteiger partial charge in [-0.25, -0.2) is 4.79 Å². The molecule has 1 aliphatic heterocycles. The topological polar surface area (TPSA) is 40.5 Å². The van der Waals surface area contributed by atoms with Gasteiger partial charge in [0.1, 0.15) is 0 Å². The van der Waals surface area contributed by atoms with Crippen LogP contribution in [0.15, 0.2) is 12.1 Å². The summed E-state index contributed by atoms with van der Waals surface area (Å²) >= 11 is 12.3. The second-order valence-corrected chi connectivity index (χ2v) is 5.09. The highest BCUT2D eigenvalue weighted by atomic mass is 35.5. The highest BCUT2D eigenvalue weighted by Crippen LogP contribution is 2.38. The number of aromatic carboxylic acids is 1. The number of hydrogen-bond acceptors (Lipinski definition) is 2. The SMILES string of the molecule is CC1CCCN1c1c(Cl)cc(C(=O)O)cc1Cl. The summed E-state index contributed by atoms with van der Waals surface area (Å²) in [6.45, 7) is 3.03. The van der Waals surface area contributed by atoms with Crippen LogP contribution >= 0.6 is 23.2 Å². The van der Waals surface area contributed by atoms with Crippen LogP contribution in [-0.2, 0) is 0 Å². The van der Waals surface area contributed by atoms with E-state index in [9.17, 15) is 4.79 Å². The molecule has 0 aliphatic carbocycles. The van der Waals surface area contributed by atoms with E-state index in [1.54, 1.807) is 0 Å². The van der Waals surface area contributed by atoms with Gasteiger partial charge in [-0.05, 0) is 31.9 Å². The van der Waals surface area contributed by atoms with Crippen molar-refractivity contribution in [2.75, 3.05) is 11.4 Å². The van der Waals surface area contributed by atoms with Crippen molar-refractivity contribution in [3.63, 3.8) is 0 Å². The molecule has 1 heterocycles. The summed E-state index contributed by atoms with van der Waals surface area (Å²) in [6, 6.07) is 3.30. The average Bonchev–Trinajstić information content (AvgIpc) is 2.64. The lowest BCUT2D eigenvalue weighted by Crippen LogP contribution is -2.27. The highest BCUT2D eigenvalue weighted by Gasteiger charge is 2.25. The minimum atomic E-state index is -1.02. The number of halogens is 2. The maximum Gasteiger partial charge on any atom is 0.335 e. The molecule has 17 heavy (non-hydrogen) atoms. The number of carboxylic acids is 1. The number of carboxylic acid groups (broad SMARTS) is 1. The van der Waals surface area contributed by atoms with E-state index in [1.165, 1.54) is 12.1 Å². The Morgan fingerprint density at radius 1 is 1.41 bits per heavy atom. The zero-order valence-corrected chi connectivity index (χ0v) is 10.9. The van der Waals surface area contributed by atoms with Gasteiger partial charge in [0.05, 0.1) is 21.3 Å². The molecule has 0 spiro atoms. The summed E-state index contributed by atoms with van der Waals surface area (Å²) in [6.07, 6.45) is 2.21. The number of anilines is 1.